The van der Waals surface area contributed by atoms with Crippen molar-refractivity contribution in [1.82, 2.24) is 0 Å². The van der Waals surface area contributed by atoms with Gasteiger partial charge in [-0.2, -0.15) is 13.2 Å². The average Bonchev–Trinajstić information content (AvgIpc) is 2.31. The minimum Gasteiger partial charge on any atom is -0.349 e. The van der Waals surface area contributed by atoms with E-state index < -0.39 is 17.6 Å². The Hall–Kier alpha value is -0.910. The van der Waals surface area contributed by atoms with Crippen molar-refractivity contribution in [3.63, 3.8) is 0 Å². The Labute approximate surface area is 73.3 Å². The number of nitrogens with zero attached hydrogens (tertiary/aromatic N) is 2. The highest BCUT2D eigenvalue weighted by Gasteiger charge is 2.41. The van der Waals surface area contributed by atoms with Gasteiger partial charge >= 0.3 is 6.18 Å². The maximum atomic E-state index is 12.0. The monoisotopic (exact) mass is 193 g/mol. The van der Waals surface area contributed by atoms with Gasteiger partial charge in [-0.1, -0.05) is 0 Å². The number of alkyl halides is 3. The van der Waals surface area contributed by atoms with Gasteiger partial charge in [0.15, 0.2) is 5.70 Å². The summed E-state index contributed by atoms with van der Waals surface area (Å²) in [7, 11) is 0. The maximum Gasteiger partial charge on any atom is 0.435 e. The van der Waals surface area contributed by atoms with Gasteiger partial charge in [0.1, 0.15) is 0 Å². The molecule has 0 N–H and O–H groups in total. The molecule has 0 aliphatic carbocycles. The summed E-state index contributed by atoms with van der Waals surface area (Å²) in [4.78, 5) is 0. The van der Waals surface area contributed by atoms with Gasteiger partial charge < -0.3 is 4.74 Å². The SMILES string of the molecule is CCOC1(C)[C]=C(C(F)(F)F)N=N1. The van der Waals surface area contributed by atoms with Crippen molar-refractivity contribution in [2.45, 2.75) is 25.7 Å². The molecule has 73 valence electrons. The molecule has 1 rings (SSSR count). The van der Waals surface area contributed by atoms with Crippen LogP contribution in [0.3, 0.4) is 0 Å². The lowest BCUT2D eigenvalue weighted by molar-refractivity contribution is -0.0935. The first-order valence-corrected chi connectivity index (χ1v) is 3.66. The second-order valence-corrected chi connectivity index (χ2v) is 2.59. The van der Waals surface area contributed by atoms with Crippen molar-refractivity contribution in [2.75, 3.05) is 6.61 Å². The molecule has 0 saturated carbocycles. The molecule has 1 unspecified atom stereocenters. The Morgan fingerprint density at radius 2 is 2.15 bits per heavy atom. The molecule has 0 aromatic heterocycles. The van der Waals surface area contributed by atoms with Crippen LogP contribution in [-0.2, 0) is 4.74 Å². The Morgan fingerprint density at radius 1 is 1.54 bits per heavy atom. The van der Waals surface area contributed by atoms with Crippen LogP contribution < -0.4 is 0 Å². The molecule has 0 amide bonds. The number of ether oxygens (including phenoxy) is 1. The van der Waals surface area contributed by atoms with Crippen LogP contribution in [0, 0.1) is 6.08 Å². The van der Waals surface area contributed by atoms with E-state index in [1.165, 1.54) is 6.92 Å². The summed E-state index contributed by atoms with van der Waals surface area (Å²) in [5.74, 6) is 0. The van der Waals surface area contributed by atoms with Crippen molar-refractivity contribution in [3.05, 3.63) is 11.8 Å². The van der Waals surface area contributed by atoms with Crippen LogP contribution in [0.5, 0.6) is 0 Å². The molecule has 1 radical (unpaired) electrons. The van der Waals surface area contributed by atoms with E-state index in [1.54, 1.807) is 6.92 Å². The Bertz CT molecular complexity index is 259. The fraction of sp³-hybridized carbons (Fsp3) is 0.714. The Balaban J connectivity index is 2.81. The first-order valence-electron chi connectivity index (χ1n) is 3.66. The molecule has 13 heavy (non-hydrogen) atoms. The van der Waals surface area contributed by atoms with E-state index in [0.29, 0.717) is 0 Å². The van der Waals surface area contributed by atoms with Crippen molar-refractivity contribution in [2.24, 2.45) is 10.2 Å². The first kappa shape index (κ1) is 10.2. The average molecular weight is 193 g/mol. The van der Waals surface area contributed by atoms with E-state index >= 15 is 0 Å². The molecule has 3 nitrogen and oxygen atoms in total. The maximum absolute atomic E-state index is 12.0. The number of hydrogen-bond donors (Lipinski definition) is 0. The summed E-state index contributed by atoms with van der Waals surface area (Å²) in [5, 5.41) is 6.30. The third kappa shape index (κ3) is 2.27. The van der Waals surface area contributed by atoms with Gasteiger partial charge in [0.05, 0.1) is 6.08 Å². The van der Waals surface area contributed by atoms with E-state index in [-0.39, 0.29) is 6.61 Å². The van der Waals surface area contributed by atoms with Gasteiger partial charge in [0, 0.05) is 6.61 Å². The van der Waals surface area contributed by atoms with E-state index in [9.17, 15) is 13.2 Å². The summed E-state index contributed by atoms with van der Waals surface area (Å²) < 4.78 is 41.0. The molecule has 1 atom stereocenters. The number of halogens is 3. The molecular formula is C7H8F3N2O. The zero-order valence-electron chi connectivity index (χ0n) is 7.14. The Morgan fingerprint density at radius 3 is 2.54 bits per heavy atom. The lowest BCUT2D eigenvalue weighted by Crippen LogP contribution is -2.22. The molecule has 0 aromatic rings. The van der Waals surface area contributed by atoms with Gasteiger partial charge in [0.25, 0.3) is 0 Å². The van der Waals surface area contributed by atoms with E-state index in [2.05, 4.69) is 10.2 Å². The van der Waals surface area contributed by atoms with Crippen LogP contribution in [0.25, 0.3) is 0 Å². The summed E-state index contributed by atoms with van der Waals surface area (Å²) in [6.07, 6.45) is -2.46. The molecule has 0 aromatic carbocycles. The first-order chi connectivity index (χ1) is 5.87. The molecule has 1 aliphatic heterocycles. The van der Waals surface area contributed by atoms with Crippen LogP contribution in [0.4, 0.5) is 13.2 Å². The molecule has 1 aliphatic rings. The van der Waals surface area contributed by atoms with Crippen LogP contribution >= 0.6 is 0 Å². The molecule has 1 heterocycles. The highest BCUT2D eigenvalue weighted by Crippen LogP contribution is 2.34. The third-order valence-corrected chi connectivity index (χ3v) is 1.39. The van der Waals surface area contributed by atoms with Crippen molar-refractivity contribution >= 4 is 0 Å². The number of allylic oxidation sites excluding steroid dienone is 1. The van der Waals surface area contributed by atoms with E-state index in [1.807, 2.05) is 6.08 Å². The molecule has 0 spiro atoms. The zero-order chi connectivity index (χ0) is 10.1. The van der Waals surface area contributed by atoms with Crippen LogP contribution in [0.15, 0.2) is 15.9 Å². The van der Waals surface area contributed by atoms with Crippen molar-refractivity contribution < 1.29 is 17.9 Å². The van der Waals surface area contributed by atoms with Gasteiger partial charge in [-0.3, -0.25) is 0 Å². The van der Waals surface area contributed by atoms with Gasteiger partial charge in [-0.25, -0.2) is 0 Å². The van der Waals surface area contributed by atoms with Gasteiger partial charge in [0.2, 0.25) is 5.72 Å². The van der Waals surface area contributed by atoms with Gasteiger partial charge in [-0.05, 0) is 13.8 Å². The van der Waals surface area contributed by atoms with Crippen LogP contribution in [0.2, 0.25) is 0 Å². The predicted molar refractivity (Wildman–Crippen MR) is 37.7 cm³/mol. The van der Waals surface area contributed by atoms with Gasteiger partial charge in [-0.15, -0.1) is 10.2 Å². The summed E-state index contributed by atoms with van der Waals surface area (Å²) >= 11 is 0. The van der Waals surface area contributed by atoms with Crippen LogP contribution in [0.1, 0.15) is 13.8 Å². The lowest BCUT2D eigenvalue weighted by atomic mass is 10.2. The number of hydrogen-bond acceptors (Lipinski definition) is 3. The minimum absolute atomic E-state index is 0.258. The summed E-state index contributed by atoms with van der Waals surface area (Å²) in [5.41, 5.74) is -2.50. The largest absolute Gasteiger partial charge is 0.435 e. The summed E-state index contributed by atoms with van der Waals surface area (Å²) in [6.45, 7) is 3.29. The Kier molecular flexibility index (Phi) is 2.42. The predicted octanol–water partition coefficient (Wildman–Crippen LogP) is 2.45. The molecule has 0 saturated heterocycles. The van der Waals surface area contributed by atoms with Crippen LogP contribution in [-0.4, -0.2) is 18.5 Å². The lowest BCUT2D eigenvalue weighted by Gasteiger charge is -2.14. The molecular weight excluding hydrogens is 185 g/mol. The standard InChI is InChI=1S/C7H8F3N2O/c1-3-13-6(2)4-5(11-12-6)7(8,9)10/h3H2,1-2H3. The number of azo groups is 1. The summed E-state index contributed by atoms with van der Waals surface area (Å²) in [6, 6.07) is 0. The topological polar surface area (TPSA) is 34.0 Å². The third-order valence-electron chi connectivity index (χ3n) is 1.39. The zero-order valence-corrected chi connectivity index (χ0v) is 7.14. The normalized spacial score (nSPS) is 27.9. The fourth-order valence-electron chi connectivity index (χ4n) is 0.889. The molecule has 6 heteroatoms. The molecule has 0 bridgehead atoms. The van der Waals surface area contributed by atoms with Crippen molar-refractivity contribution in [3.8, 4) is 0 Å². The quantitative estimate of drug-likeness (QED) is 0.663. The highest BCUT2D eigenvalue weighted by atomic mass is 19.4. The fourth-order valence-corrected chi connectivity index (χ4v) is 0.889. The molecule has 0 fully saturated rings. The smallest absolute Gasteiger partial charge is 0.349 e. The minimum atomic E-state index is -4.50. The van der Waals surface area contributed by atoms with E-state index in [0.717, 1.165) is 0 Å². The highest BCUT2D eigenvalue weighted by molar-refractivity contribution is 5.11. The van der Waals surface area contributed by atoms with Crippen molar-refractivity contribution in [1.29, 1.82) is 0 Å². The second kappa shape index (κ2) is 3.10. The number of rotatable bonds is 2. The van der Waals surface area contributed by atoms with E-state index in [4.69, 9.17) is 4.74 Å². The second-order valence-electron chi connectivity index (χ2n) is 2.59.